The van der Waals surface area contributed by atoms with Crippen molar-refractivity contribution in [3.63, 3.8) is 0 Å². The maximum Gasteiger partial charge on any atom is 0.326 e. The second-order valence-corrected chi connectivity index (χ2v) is 5.69. The van der Waals surface area contributed by atoms with Crippen LogP contribution in [-0.2, 0) is 20.8 Å². The first-order chi connectivity index (χ1) is 10.6. The van der Waals surface area contributed by atoms with Gasteiger partial charge in [-0.15, -0.1) is 0 Å². The van der Waals surface area contributed by atoms with Gasteiger partial charge in [0.2, 0.25) is 12.3 Å². The van der Waals surface area contributed by atoms with Crippen LogP contribution in [0.25, 0.3) is 0 Å². The standard InChI is InChI=1S/C15H20N2O4S/c1-22-8-7-12(16-10-18)14(19)17-13(15(20)21)9-11-5-3-2-4-6-11/h2-6,10,12-13H,7-9H2,1H3,(H,16,18)(H,17,19)(H,20,21)/t12-,13-/m1/s1. The van der Waals surface area contributed by atoms with Gasteiger partial charge in [0.1, 0.15) is 12.1 Å². The Morgan fingerprint density at radius 2 is 1.95 bits per heavy atom. The van der Waals surface area contributed by atoms with Gasteiger partial charge in [-0.3, -0.25) is 9.59 Å². The van der Waals surface area contributed by atoms with E-state index in [4.69, 9.17) is 0 Å². The SMILES string of the molecule is CSCC[C@@H](NC=O)C(=O)N[C@H](Cc1ccccc1)C(=O)O. The van der Waals surface area contributed by atoms with E-state index < -0.39 is 24.0 Å². The summed E-state index contributed by atoms with van der Waals surface area (Å²) in [6, 6.07) is 7.32. The molecule has 3 N–H and O–H groups in total. The molecule has 0 aliphatic heterocycles. The molecule has 6 nitrogen and oxygen atoms in total. The van der Waals surface area contributed by atoms with E-state index in [1.807, 2.05) is 24.5 Å². The minimum atomic E-state index is -1.10. The minimum Gasteiger partial charge on any atom is -0.480 e. The Labute approximate surface area is 133 Å². The summed E-state index contributed by atoms with van der Waals surface area (Å²) in [7, 11) is 0. The predicted molar refractivity (Wildman–Crippen MR) is 85.7 cm³/mol. The highest BCUT2D eigenvalue weighted by Crippen LogP contribution is 2.05. The van der Waals surface area contributed by atoms with Crippen molar-refractivity contribution in [3.05, 3.63) is 35.9 Å². The predicted octanol–water partition coefficient (Wildman–Crippen LogP) is 0.666. The second kappa shape index (κ2) is 9.83. The quantitative estimate of drug-likeness (QED) is 0.550. The topological polar surface area (TPSA) is 95.5 Å². The van der Waals surface area contributed by atoms with Gasteiger partial charge in [0.25, 0.3) is 0 Å². The van der Waals surface area contributed by atoms with Crippen molar-refractivity contribution >= 4 is 30.0 Å². The lowest BCUT2D eigenvalue weighted by atomic mass is 10.1. The summed E-state index contributed by atoms with van der Waals surface area (Å²) in [4.78, 5) is 34.0. The Morgan fingerprint density at radius 3 is 2.50 bits per heavy atom. The molecular formula is C15H20N2O4S. The van der Waals surface area contributed by atoms with Crippen molar-refractivity contribution in [2.45, 2.75) is 24.9 Å². The zero-order valence-corrected chi connectivity index (χ0v) is 13.1. The zero-order chi connectivity index (χ0) is 16.4. The van der Waals surface area contributed by atoms with E-state index >= 15 is 0 Å². The van der Waals surface area contributed by atoms with Gasteiger partial charge in [-0.1, -0.05) is 30.3 Å². The number of rotatable bonds is 10. The van der Waals surface area contributed by atoms with Crippen molar-refractivity contribution in [2.75, 3.05) is 12.0 Å². The lowest BCUT2D eigenvalue weighted by Gasteiger charge is -2.20. The molecule has 2 atom stereocenters. The Kier molecular flexibility index (Phi) is 8.06. The molecular weight excluding hydrogens is 304 g/mol. The van der Waals surface area contributed by atoms with Crippen LogP contribution in [0.4, 0.5) is 0 Å². The van der Waals surface area contributed by atoms with Gasteiger partial charge in [0, 0.05) is 6.42 Å². The lowest BCUT2D eigenvalue weighted by Crippen LogP contribution is -2.50. The number of hydrogen-bond acceptors (Lipinski definition) is 4. The summed E-state index contributed by atoms with van der Waals surface area (Å²) < 4.78 is 0. The fraction of sp³-hybridized carbons (Fsp3) is 0.400. The first kappa shape index (κ1) is 18.0. The number of carboxylic acid groups (broad SMARTS) is 1. The van der Waals surface area contributed by atoms with E-state index in [1.54, 1.807) is 23.9 Å². The Balaban J connectivity index is 2.69. The largest absolute Gasteiger partial charge is 0.480 e. The molecule has 1 aromatic carbocycles. The summed E-state index contributed by atoms with van der Waals surface area (Å²) in [5, 5.41) is 14.2. The Bertz CT molecular complexity index is 496. The van der Waals surface area contributed by atoms with E-state index in [9.17, 15) is 19.5 Å². The van der Waals surface area contributed by atoms with Gasteiger partial charge >= 0.3 is 5.97 Å². The number of carbonyl (C=O) groups is 3. The first-order valence-corrected chi connectivity index (χ1v) is 8.23. The molecule has 1 aromatic rings. The molecule has 22 heavy (non-hydrogen) atoms. The molecule has 0 radical (unpaired) electrons. The van der Waals surface area contributed by atoms with Crippen LogP contribution in [-0.4, -0.2) is 47.5 Å². The van der Waals surface area contributed by atoms with E-state index in [0.29, 0.717) is 18.6 Å². The van der Waals surface area contributed by atoms with Crippen molar-refractivity contribution in [2.24, 2.45) is 0 Å². The van der Waals surface area contributed by atoms with Crippen molar-refractivity contribution in [1.29, 1.82) is 0 Å². The maximum atomic E-state index is 12.1. The van der Waals surface area contributed by atoms with Crippen LogP contribution in [0.3, 0.4) is 0 Å². The molecule has 2 amide bonds. The molecule has 120 valence electrons. The normalized spacial score (nSPS) is 13.0. The highest BCUT2D eigenvalue weighted by molar-refractivity contribution is 7.98. The molecule has 0 saturated carbocycles. The third kappa shape index (κ3) is 6.17. The van der Waals surface area contributed by atoms with Gasteiger partial charge in [-0.2, -0.15) is 11.8 Å². The van der Waals surface area contributed by atoms with Gasteiger partial charge < -0.3 is 15.7 Å². The highest BCUT2D eigenvalue weighted by Gasteiger charge is 2.25. The third-order valence-corrected chi connectivity index (χ3v) is 3.74. The lowest BCUT2D eigenvalue weighted by molar-refractivity contribution is -0.142. The molecule has 0 unspecified atom stereocenters. The van der Waals surface area contributed by atoms with Crippen molar-refractivity contribution in [3.8, 4) is 0 Å². The smallest absolute Gasteiger partial charge is 0.326 e. The molecule has 0 fully saturated rings. The van der Waals surface area contributed by atoms with Crippen LogP contribution >= 0.6 is 11.8 Å². The van der Waals surface area contributed by atoms with Crippen LogP contribution in [0.2, 0.25) is 0 Å². The average molecular weight is 324 g/mol. The van der Waals surface area contributed by atoms with Gasteiger partial charge in [-0.05, 0) is 24.0 Å². The van der Waals surface area contributed by atoms with E-state index in [2.05, 4.69) is 10.6 Å². The van der Waals surface area contributed by atoms with E-state index in [0.717, 1.165) is 5.56 Å². The Morgan fingerprint density at radius 1 is 1.27 bits per heavy atom. The minimum absolute atomic E-state index is 0.193. The summed E-state index contributed by atoms with van der Waals surface area (Å²) in [6.07, 6.45) is 2.99. The van der Waals surface area contributed by atoms with E-state index in [1.165, 1.54) is 0 Å². The highest BCUT2D eigenvalue weighted by atomic mass is 32.2. The number of thioether (sulfide) groups is 1. The molecule has 0 heterocycles. The fourth-order valence-corrected chi connectivity index (χ4v) is 2.40. The van der Waals surface area contributed by atoms with Crippen LogP contribution in [0, 0.1) is 0 Å². The molecule has 0 bridgehead atoms. The molecule has 0 saturated heterocycles. The number of aliphatic carboxylic acids is 1. The number of carboxylic acids is 1. The van der Waals surface area contributed by atoms with Gasteiger partial charge in [0.05, 0.1) is 0 Å². The number of carbonyl (C=O) groups excluding carboxylic acids is 2. The van der Waals surface area contributed by atoms with Crippen LogP contribution < -0.4 is 10.6 Å². The van der Waals surface area contributed by atoms with Crippen molar-refractivity contribution in [1.82, 2.24) is 10.6 Å². The average Bonchev–Trinajstić information content (AvgIpc) is 2.51. The number of nitrogens with one attached hydrogen (secondary N) is 2. The molecule has 0 aromatic heterocycles. The zero-order valence-electron chi connectivity index (χ0n) is 12.3. The first-order valence-electron chi connectivity index (χ1n) is 6.84. The number of amides is 2. The molecule has 0 aliphatic carbocycles. The third-order valence-electron chi connectivity index (χ3n) is 3.09. The summed E-state index contributed by atoms with van der Waals surface area (Å²) in [5.74, 6) is -0.897. The molecule has 1 rings (SSSR count). The summed E-state index contributed by atoms with van der Waals surface area (Å²) >= 11 is 1.55. The van der Waals surface area contributed by atoms with E-state index in [-0.39, 0.29) is 6.42 Å². The van der Waals surface area contributed by atoms with Crippen molar-refractivity contribution < 1.29 is 19.5 Å². The summed E-state index contributed by atoms with van der Waals surface area (Å²) in [5.41, 5.74) is 0.819. The maximum absolute atomic E-state index is 12.1. The molecule has 0 aliphatic rings. The fourth-order valence-electron chi connectivity index (χ4n) is 1.93. The van der Waals surface area contributed by atoms with Gasteiger partial charge in [-0.25, -0.2) is 4.79 Å². The van der Waals surface area contributed by atoms with Crippen LogP contribution in [0.5, 0.6) is 0 Å². The number of hydrogen-bond donors (Lipinski definition) is 3. The Hall–Kier alpha value is -2.02. The van der Waals surface area contributed by atoms with Crippen LogP contribution in [0.1, 0.15) is 12.0 Å². The summed E-state index contributed by atoms with van der Waals surface area (Å²) in [6.45, 7) is 0. The monoisotopic (exact) mass is 324 g/mol. The van der Waals surface area contributed by atoms with Gasteiger partial charge in [0.15, 0.2) is 0 Å². The number of benzene rings is 1. The van der Waals surface area contributed by atoms with Crippen LogP contribution in [0.15, 0.2) is 30.3 Å². The second-order valence-electron chi connectivity index (χ2n) is 4.71. The molecule has 0 spiro atoms. The molecule has 7 heteroatoms.